The average Bonchev–Trinajstić information content (AvgIpc) is 2.74. The molecule has 0 spiro atoms. The molecule has 0 N–H and O–H groups in total. The van der Waals surface area contributed by atoms with E-state index in [-0.39, 0.29) is 18.4 Å². The van der Waals surface area contributed by atoms with Gasteiger partial charge in [0.05, 0.1) is 6.61 Å². The van der Waals surface area contributed by atoms with Crippen LogP contribution in [-0.2, 0) is 14.1 Å². The Morgan fingerprint density at radius 3 is 1.72 bits per heavy atom. The van der Waals surface area contributed by atoms with E-state index in [1.807, 2.05) is 71.0 Å². The summed E-state index contributed by atoms with van der Waals surface area (Å²) in [6.45, 7) is 12.1. The van der Waals surface area contributed by atoms with Gasteiger partial charge in [-0.3, -0.25) is 4.79 Å². The molecule has 2 aromatic rings. The fourth-order valence-electron chi connectivity index (χ4n) is 3.54. The Morgan fingerprint density at radius 2 is 1.31 bits per heavy atom. The molecule has 0 amide bonds. The summed E-state index contributed by atoms with van der Waals surface area (Å²) < 4.78 is 32.2. The standard InChI is InChI=1S/C26H37O5P/c1-7-9-18-25(26(27)29-8-2)32(28,30-23-16-12-10-14-21(23)19(3)4)31-24-17-13-11-15-22(24)20(5)6/h10-17,19-20,25H,7-9,18H2,1-6H3. The molecule has 0 bridgehead atoms. The third kappa shape index (κ3) is 6.62. The smallest absolute Gasteiger partial charge is 0.445 e. The molecule has 32 heavy (non-hydrogen) atoms. The molecule has 0 heterocycles. The van der Waals surface area contributed by atoms with Crippen molar-refractivity contribution in [1.82, 2.24) is 0 Å². The fourth-order valence-corrected chi connectivity index (χ4v) is 5.55. The number of esters is 1. The zero-order valence-corrected chi connectivity index (χ0v) is 21.1. The fraction of sp³-hybridized carbons (Fsp3) is 0.500. The summed E-state index contributed by atoms with van der Waals surface area (Å²) in [6.07, 6.45) is 1.92. The minimum atomic E-state index is -4.00. The molecule has 0 radical (unpaired) electrons. The molecule has 0 fully saturated rings. The van der Waals surface area contributed by atoms with Gasteiger partial charge in [0.15, 0.2) is 5.66 Å². The lowest BCUT2D eigenvalue weighted by Crippen LogP contribution is -2.28. The van der Waals surface area contributed by atoms with Crippen LogP contribution in [0.5, 0.6) is 11.5 Å². The van der Waals surface area contributed by atoms with E-state index >= 15 is 0 Å². The van der Waals surface area contributed by atoms with Crippen molar-refractivity contribution in [2.24, 2.45) is 0 Å². The molecule has 6 heteroatoms. The SMILES string of the molecule is CCCCC(C(=O)OCC)P(=O)(Oc1ccccc1C(C)C)Oc1ccccc1C(C)C. The van der Waals surface area contributed by atoms with Crippen molar-refractivity contribution in [3.8, 4) is 11.5 Å². The Balaban J connectivity index is 2.59. The number of hydrogen-bond acceptors (Lipinski definition) is 5. The Bertz CT molecular complexity index is 864. The number of ether oxygens (including phenoxy) is 1. The van der Waals surface area contributed by atoms with Crippen LogP contribution >= 0.6 is 7.60 Å². The number of carbonyl (C=O) groups is 1. The largest absolute Gasteiger partial charge is 0.465 e. The molecule has 2 rings (SSSR count). The molecule has 0 aromatic heterocycles. The highest BCUT2D eigenvalue weighted by atomic mass is 31.2. The number of para-hydroxylation sites is 2. The average molecular weight is 461 g/mol. The number of carbonyl (C=O) groups excluding carboxylic acids is 1. The Morgan fingerprint density at radius 1 is 0.844 bits per heavy atom. The third-order valence-electron chi connectivity index (χ3n) is 5.30. The van der Waals surface area contributed by atoms with Gasteiger partial charge < -0.3 is 13.8 Å². The van der Waals surface area contributed by atoms with Gasteiger partial charge in [-0.15, -0.1) is 0 Å². The first-order valence-electron chi connectivity index (χ1n) is 11.6. The number of benzene rings is 2. The second-order valence-corrected chi connectivity index (χ2v) is 10.6. The van der Waals surface area contributed by atoms with E-state index in [2.05, 4.69) is 0 Å². The van der Waals surface area contributed by atoms with Crippen molar-refractivity contribution in [3.63, 3.8) is 0 Å². The predicted molar refractivity (Wildman–Crippen MR) is 130 cm³/mol. The minimum absolute atomic E-state index is 0.152. The van der Waals surface area contributed by atoms with E-state index in [0.717, 1.165) is 17.5 Å². The van der Waals surface area contributed by atoms with Crippen molar-refractivity contribution in [3.05, 3.63) is 59.7 Å². The van der Waals surface area contributed by atoms with Gasteiger partial charge in [-0.25, -0.2) is 4.57 Å². The van der Waals surface area contributed by atoms with Crippen molar-refractivity contribution in [2.45, 2.75) is 78.3 Å². The summed E-state index contributed by atoms with van der Waals surface area (Å²) in [5, 5.41) is 0. The highest BCUT2D eigenvalue weighted by Gasteiger charge is 2.46. The summed E-state index contributed by atoms with van der Waals surface area (Å²) in [4.78, 5) is 13.0. The third-order valence-corrected chi connectivity index (χ3v) is 7.44. The Kier molecular flexibility index (Phi) is 9.84. The van der Waals surface area contributed by atoms with Crippen LogP contribution in [-0.4, -0.2) is 18.2 Å². The van der Waals surface area contributed by atoms with E-state index in [9.17, 15) is 9.36 Å². The van der Waals surface area contributed by atoms with Gasteiger partial charge in [0.25, 0.3) is 0 Å². The number of rotatable bonds is 12. The lowest BCUT2D eigenvalue weighted by molar-refractivity contribution is -0.143. The van der Waals surface area contributed by atoms with Crippen LogP contribution in [0.3, 0.4) is 0 Å². The molecular weight excluding hydrogens is 423 g/mol. The molecule has 0 aliphatic rings. The normalized spacial score (nSPS) is 12.6. The van der Waals surface area contributed by atoms with Crippen LogP contribution in [0.15, 0.2) is 48.5 Å². The van der Waals surface area contributed by atoms with Crippen LogP contribution in [0.2, 0.25) is 0 Å². The van der Waals surface area contributed by atoms with Gasteiger partial charge in [0.1, 0.15) is 11.5 Å². The van der Waals surface area contributed by atoms with E-state index in [1.165, 1.54) is 0 Å². The molecule has 2 aromatic carbocycles. The topological polar surface area (TPSA) is 61.8 Å². The van der Waals surface area contributed by atoms with Crippen LogP contribution in [0.4, 0.5) is 0 Å². The summed E-state index contributed by atoms with van der Waals surface area (Å²) in [5.41, 5.74) is 0.806. The monoisotopic (exact) mass is 460 g/mol. The maximum atomic E-state index is 14.5. The van der Waals surface area contributed by atoms with E-state index in [0.29, 0.717) is 24.3 Å². The summed E-state index contributed by atoms with van der Waals surface area (Å²) >= 11 is 0. The first kappa shape index (κ1) is 26.0. The summed E-state index contributed by atoms with van der Waals surface area (Å²) in [5.74, 6) is 0.698. The van der Waals surface area contributed by atoms with Crippen molar-refractivity contribution in [1.29, 1.82) is 0 Å². The molecule has 176 valence electrons. The molecule has 5 nitrogen and oxygen atoms in total. The molecule has 0 aliphatic carbocycles. The highest BCUT2D eigenvalue weighted by Crippen LogP contribution is 2.56. The second-order valence-electron chi connectivity index (χ2n) is 8.52. The molecule has 0 saturated carbocycles. The van der Waals surface area contributed by atoms with Crippen LogP contribution in [0.1, 0.15) is 83.8 Å². The van der Waals surface area contributed by atoms with Crippen LogP contribution < -0.4 is 9.05 Å². The minimum Gasteiger partial charge on any atom is -0.465 e. The Hall–Kier alpha value is -2.26. The van der Waals surface area contributed by atoms with Gasteiger partial charge in [-0.05, 0) is 48.4 Å². The zero-order valence-electron chi connectivity index (χ0n) is 20.2. The van der Waals surface area contributed by atoms with Crippen molar-refractivity contribution >= 4 is 13.6 Å². The van der Waals surface area contributed by atoms with Crippen LogP contribution in [0, 0.1) is 0 Å². The lowest BCUT2D eigenvalue weighted by Gasteiger charge is -2.28. The van der Waals surface area contributed by atoms with Crippen molar-refractivity contribution < 1.29 is 23.1 Å². The lowest BCUT2D eigenvalue weighted by atomic mass is 10.0. The van der Waals surface area contributed by atoms with Gasteiger partial charge in [-0.2, -0.15) is 0 Å². The number of unbranched alkanes of at least 4 members (excludes halogenated alkanes) is 1. The molecular formula is C26H37O5P. The maximum Gasteiger partial charge on any atom is 0.445 e. The maximum absolute atomic E-state index is 14.5. The molecule has 1 atom stereocenters. The zero-order chi connectivity index (χ0) is 23.7. The second kappa shape index (κ2) is 12.1. The van der Waals surface area contributed by atoms with E-state index in [1.54, 1.807) is 19.1 Å². The van der Waals surface area contributed by atoms with Crippen LogP contribution in [0.25, 0.3) is 0 Å². The van der Waals surface area contributed by atoms with E-state index in [4.69, 9.17) is 13.8 Å². The van der Waals surface area contributed by atoms with Gasteiger partial charge >= 0.3 is 13.6 Å². The molecule has 0 saturated heterocycles. The highest BCUT2D eigenvalue weighted by molar-refractivity contribution is 7.56. The first-order chi connectivity index (χ1) is 15.2. The summed E-state index contributed by atoms with van der Waals surface area (Å²) in [7, 11) is -4.00. The first-order valence-corrected chi connectivity index (χ1v) is 13.2. The van der Waals surface area contributed by atoms with Gasteiger partial charge in [0.2, 0.25) is 0 Å². The van der Waals surface area contributed by atoms with Crippen molar-refractivity contribution in [2.75, 3.05) is 6.61 Å². The Labute approximate surface area is 193 Å². The van der Waals surface area contributed by atoms with E-state index < -0.39 is 19.2 Å². The predicted octanol–water partition coefficient (Wildman–Crippen LogP) is 7.71. The molecule has 0 aliphatic heterocycles. The number of hydrogen-bond donors (Lipinski definition) is 0. The molecule has 1 unspecified atom stereocenters. The summed E-state index contributed by atoms with van der Waals surface area (Å²) in [6, 6.07) is 14.9. The quantitative estimate of drug-likeness (QED) is 0.240. The van der Waals surface area contributed by atoms with Gasteiger partial charge in [-0.1, -0.05) is 83.9 Å². The van der Waals surface area contributed by atoms with Gasteiger partial charge in [0, 0.05) is 0 Å².